The van der Waals surface area contributed by atoms with Crippen LogP contribution in [0.15, 0.2) is 24.4 Å². The third-order valence-electron chi connectivity index (χ3n) is 9.18. The number of aromatic nitrogens is 1. The third kappa shape index (κ3) is 10.2. The van der Waals surface area contributed by atoms with Gasteiger partial charge < -0.3 is 34.1 Å². The Morgan fingerprint density at radius 3 is 2.29 bits per heavy atom. The van der Waals surface area contributed by atoms with Gasteiger partial charge in [0.15, 0.2) is 10.9 Å². The summed E-state index contributed by atoms with van der Waals surface area (Å²) in [6.45, 7) is 12.1. The van der Waals surface area contributed by atoms with Crippen molar-refractivity contribution in [1.82, 2.24) is 15.2 Å². The largest absolute Gasteiger partial charge is 0.474 e. The lowest BCUT2D eigenvalue weighted by atomic mass is 9.85. The number of ether oxygens (including phenoxy) is 4. The SMILES string of the molecule is C[C@@H]1CCCN1C(=O)C(NC(=O)COCCOCCOCCOc1ncc(N2C(=S)N(c3ccc(C#N)c(C(F)(F)F)c3F)C(=O)C2(C)C)cc1Cl)C(C)(C)C. The number of pyridine rings is 1. The van der Waals surface area contributed by atoms with E-state index in [4.69, 9.17) is 48.0 Å². The van der Waals surface area contributed by atoms with E-state index in [-0.39, 0.29) is 85.8 Å². The quantitative estimate of drug-likeness (QED) is 0.127. The molecule has 2 aliphatic heterocycles. The van der Waals surface area contributed by atoms with E-state index in [1.165, 1.54) is 37.1 Å². The van der Waals surface area contributed by atoms with Gasteiger partial charge in [-0.1, -0.05) is 32.4 Å². The van der Waals surface area contributed by atoms with Gasteiger partial charge in [0.2, 0.25) is 17.7 Å². The zero-order valence-corrected chi connectivity index (χ0v) is 33.5. The molecular weight excluding hydrogens is 784 g/mol. The van der Waals surface area contributed by atoms with E-state index in [9.17, 15) is 27.6 Å². The van der Waals surface area contributed by atoms with Crippen LogP contribution in [0.4, 0.5) is 28.9 Å². The average Bonchev–Trinajstić information content (AvgIpc) is 3.61. The minimum Gasteiger partial charge on any atom is -0.474 e. The Morgan fingerprint density at radius 2 is 1.73 bits per heavy atom. The van der Waals surface area contributed by atoms with Crippen molar-refractivity contribution in [2.24, 2.45) is 5.41 Å². The number of likely N-dealkylation sites (tertiary alicyclic amines) is 1. The number of anilines is 2. The summed E-state index contributed by atoms with van der Waals surface area (Å²) in [7, 11) is 0. The molecule has 0 spiro atoms. The number of amides is 3. The van der Waals surface area contributed by atoms with Crippen LogP contribution in [0.25, 0.3) is 0 Å². The summed E-state index contributed by atoms with van der Waals surface area (Å²) in [5.74, 6) is -3.07. The van der Waals surface area contributed by atoms with E-state index in [1.54, 1.807) is 0 Å². The van der Waals surface area contributed by atoms with Gasteiger partial charge >= 0.3 is 6.18 Å². The molecule has 13 nitrogen and oxygen atoms in total. The highest BCUT2D eigenvalue weighted by Crippen LogP contribution is 2.42. The first-order chi connectivity index (χ1) is 26.2. The fourth-order valence-corrected chi connectivity index (χ4v) is 7.00. The van der Waals surface area contributed by atoms with Crippen LogP contribution in [-0.2, 0) is 34.8 Å². The number of halogens is 5. The molecule has 56 heavy (non-hydrogen) atoms. The number of alkyl halides is 3. The molecule has 4 rings (SSSR count). The highest BCUT2D eigenvalue weighted by molar-refractivity contribution is 7.81. The number of hydrogen-bond donors (Lipinski definition) is 1. The summed E-state index contributed by atoms with van der Waals surface area (Å²) in [6, 6.07) is 3.87. The molecule has 1 aromatic heterocycles. The summed E-state index contributed by atoms with van der Waals surface area (Å²) in [6.07, 6.45) is -2.02. The molecular formula is C37H45ClF4N6O7S. The lowest BCUT2D eigenvalue weighted by Crippen LogP contribution is -2.56. The van der Waals surface area contributed by atoms with Crippen LogP contribution in [-0.4, -0.2) is 103 Å². The van der Waals surface area contributed by atoms with Crippen molar-refractivity contribution in [3.05, 3.63) is 46.4 Å². The zero-order chi connectivity index (χ0) is 41.6. The molecule has 19 heteroatoms. The second kappa shape index (κ2) is 18.4. The molecule has 0 radical (unpaired) electrons. The molecule has 1 N–H and O–H groups in total. The Bertz CT molecular complexity index is 1840. The molecule has 0 aliphatic carbocycles. The maximum atomic E-state index is 15.3. The minimum atomic E-state index is -5.21. The Morgan fingerprint density at radius 1 is 1.11 bits per heavy atom. The lowest BCUT2D eigenvalue weighted by Gasteiger charge is -2.35. The maximum absolute atomic E-state index is 15.3. The normalized spacial score (nSPS) is 17.7. The number of carbonyl (C=O) groups is 3. The van der Waals surface area contributed by atoms with E-state index in [2.05, 4.69) is 10.3 Å². The fraction of sp³-hybridized carbons (Fsp3) is 0.568. The second-order valence-corrected chi connectivity index (χ2v) is 15.5. The average molecular weight is 829 g/mol. The molecule has 1 unspecified atom stereocenters. The van der Waals surface area contributed by atoms with Gasteiger partial charge in [-0.3, -0.25) is 19.3 Å². The summed E-state index contributed by atoms with van der Waals surface area (Å²) in [5, 5.41) is 11.6. The van der Waals surface area contributed by atoms with Crippen molar-refractivity contribution < 1.29 is 50.9 Å². The number of thiocarbonyl (C=S) groups is 1. The molecule has 2 aliphatic rings. The van der Waals surface area contributed by atoms with Gasteiger partial charge in [0.1, 0.15) is 35.4 Å². The molecule has 2 saturated heterocycles. The van der Waals surface area contributed by atoms with Crippen LogP contribution in [0, 0.1) is 22.6 Å². The van der Waals surface area contributed by atoms with Gasteiger partial charge in [0.05, 0.1) is 62.2 Å². The molecule has 2 aromatic rings. The Balaban J connectivity index is 1.19. The van der Waals surface area contributed by atoms with Gasteiger partial charge in [-0.2, -0.15) is 18.4 Å². The minimum absolute atomic E-state index is 0.0228. The van der Waals surface area contributed by atoms with Crippen molar-refractivity contribution in [1.29, 1.82) is 5.26 Å². The number of benzene rings is 1. The molecule has 0 saturated carbocycles. The second-order valence-electron chi connectivity index (χ2n) is 14.7. The number of hydrogen-bond acceptors (Lipinski definition) is 10. The Labute approximate surface area is 333 Å². The van der Waals surface area contributed by atoms with Crippen molar-refractivity contribution >= 4 is 58.0 Å². The van der Waals surface area contributed by atoms with Crippen LogP contribution in [0.5, 0.6) is 5.88 Å². The summed E-state index contributed by atoms with van der Waals surface area (Å²) in [5.41, 5.74) is -5.28. The Hall–Kier alpha value is -4.15. The van der Waals surface area contributed by atoms with E-state index in [1.807, 2.05) is 32.6 Å². The third-order valence-corrected chi connectivity index (χ3v) is 9.82. The van der Waals surface area contributed by atoms with Gasteiger partial charge in [0, 0.05) is 12.6 Å². The number of nitrogens with one attached hydrogen (secondary N) is 1. The van der Waals surface area contributed by atoms with Gasteiger partial charge in [0.25, 0.3) is 5.91 Å². The zero-order valence-electron chi connectivity index (χ0n) is 31.9. The number of carbonyl (C=O) groups excluding carboxylic acids is 3. The van der Waals surface area contributed by atoms with Crippen molar-refractivity contribution in [2.75, 3.05) is 62.6 Å². The standard InChI is InChI=1S/C37H45ClF4N6O7S/c1-22-8-7-11-46(22)32(50)30(35(2,3)4)45-27(49)21-54-15-14-52-12-13-53-16-17-55-31-25(38)18-24(20-44-31)48-34(56)47(33(51)36(48,5)6)26-10-9-23(19-43)28(29(26)39)37(40,41)42/h9-10,18,20,22,30H,7-8,11-17,21H2,1-6H3,(H,45,49)/t22-,30?/m1/s1. The smallest absolute Gasteiger partial charge is 0.420 e. The van der Waals surface area contributed by atoms with Crippen LogP contribution in [0.2, 0.25) is 5.02 Å². The predicted octanol–water partition coefficient (Wildman–Crippen LogP) is 5.65. The monoisotopic (exact) mass is 828 g/mol. The van der Waals surface area contributed by atoms with Crippen LogP contribution in [0.1, 0.15) is 65.5 Å². The Kier molecular flexibility index (Phi) is 14.6. The molecule has 1 aromatic carbocycles. The number of nitrogens with zero attached hydrogens (tertiary/aromatic N) is 5. The fourth-order valence-electron chi connectivity index (χ4n) is 6.27. The van der Waals surface area contributed by atoms with E-state index < -0.39 is 51.7 Å². The molecule has 2 atom stereocenters. The first kappa shape index (κ1) is 44.6. The van der Waals surface area contributed by atoms with E-state index >= 15 is 4.39 Å². The molecule has 3 amide bonds. The first-order valence-electron chi connectivity index (χ1n) is 17.8. The number of nitriles is 1. The number of rotatable bonds is 16. The molecule has 306 valence electrons. The molecule has 3 heterocycles. The predicted molar refractivity (Wildman–Crippen MR) is 202 cm³/mol. The summed E-state index contributed by atoms with van der Waals surface area (Å²) >= 11 is 11.9. The summed E-state index contributed by atoms with van der Waals surface area (Å²) in [4.78, 5) is 47.1. The first-order valence-corrected chi connectivity index (χ1v) is 18.6. The van der Waals surface area contributed by atoms with Crippen LogP contribution >= 0.6 is 23.8 Å². The molecule has 0 bridgehead atoms. The van der Waals surface area contributed by atoms with Crippen molar-refractivity contribution in [3.8, 4) is 11.9 Å². The highest BCUT2D eigenvalue weighted by atomic mass is 35.5. The van der Waals surface area contributed by atoms with E-state index in [0.717, 1.165) is 25.0 Å². The topological polar surface area (TPSA) is 147 Å². The highest BCUT2D eigenvalue weighted by Gasteiger charge is 2.52. The molecule has 2 fully saturated rings. The van der Waals surface area contributed by atoms with Crippen LogP contribution in [0.3, 0.4) is 0 Å². The van der Waals surface area contributed by atoms with Gasteiger partial charge in [-0.25, -0.2) is 9.37 Å². The van der Waals surface area contributed by atoms with Gasteiger partial charge in [-0.05, 0) is 69.4 Å². The van der Waals surface area contributed by atoms with Crippen molar-refractivity contribution in [2.45, 2.75) is 78.2 Å². The van der Waals surface area contributed by atoms with E-state index in [0.29, 0.717) is 11.4 Å². The van der Waals surface area contributed by atoms with Crippen LogP contribution < -0.4 is 19.9 Å². The van der Waals surface area contributed by atoms with Gasteiger partial charge in [-0.15, -0.1) is 0 Å². The van der Waals surface area contributed by atoms with Crippen molar-refractivity contribution in [3.63, 3.8) is 0 Å². The summed E-state index contributed by atoms with van der Waals surface area (Å²) < 4.78 is 78.3. The maximum Gasteiger partial charge on any atom is 0.420 e. The lowest BCUT2D eigenvalue weighted by molar-refractivity contribution is -0.141.